The molecule has 0 aliphatic heterocycles. The third kappa shape index (κ3) is 3.40. The molecule has 1 amide bonds. The molecule has 0 saturated heterocycles. The first-order valence-corrected chi connectivity index (χ1v) is 8.68. The van der Waals surface area contributed by atoms with Gasteiger partial charge >= 0.3 is 0 Å². The number of nitrogens with zero attached hydrogens (tertiary/aromatic N) is 2. The fourth-order valence-corrected chi connectivity index (χ4v) is 3.17. The van der Waals surface area contributed by atoms with Crippen molar-refractivity contribution in [3.63, 3.8) is 0 Å². The molecule has 1 aliphatic rings. The highest BCUT2D eigenvalue weighted by molar-refractivity contribution is 5.78. The van der Waals surface area contributed by atoms with Gasteiger partial charge in [-0.15, -0.1) is 0 Å². The molecule has 4 nitrogen and oxygen atoms in total. The number of para-hydroxylation sites is 2. The molecule has 0 radical (unpaired) electrons. The number of aromatic nitrogens is 2. The van der Waals surface area contributed by atoms with Crippen LogP contribution >= 0.6 is 0 Å². The van der Waals surface area contributed by atoms with Crippen molar-refractivity contribution >= 4 is 16.9 Å². The van der Waals surface area contributed by atoms with Crippen LogP contribution in [0, 0.1) is 5.82 Å². The van der Waals surface area contributed by atoms with Crippen molar-refractivity contribution in [3.8, 4) is 0 Å². The third-order valence-electron chi connectivity index (χ3n) is 4.60. The highest BCUT2D eigenvalue weighted by Crippen LogP contribution is 2.38. The quantitative estimate of drug-likeness (QED) is 0.744. The van der Waals surface area contributed by atoms with Crippen molar-refractivity contribution in [1.82, 2.24) is 14.9 Å². The van der Waals surface area contributed by atoms with Crippen LogP contribution in [0.2, 0.25) is 0 Å². The van der Waals surface area contributed by atoms with Crippen molar-refractivity contribution in [1.29, 1.82) is 0 Å². The summed E-state index contributed by atoms with van der Waals surface area (Å²) in [6.07, 6.45) is 2.99. The lowest BCUT2D eigenvalue weighted by Gasteiger charge is -2.09. The molecule has 1 heterocycles. The minimum atomic E-state index is -0.258. The highest BCUT2D eigenvalue weighted by Gasteiger charge is 2.28. The number of nitrogens with one attached hydrogen (secondary N) is 1. The van der Waals surface area contributed by atoms with E-state index in [9.17, 15) is 9.18 Å². The maximum Gasteiger partial charge on any atom is 0.220 e. The van der Waals surface area contributed by atoms with E-state index in [4.69, 9.17) is 0 Å². The molecule has 5 heteroatoms. The maximum atomic E-state index is 13.6. The van der Waals surface area contributed by atoms with Crippen molar-refractivity contribution in [2.75, 3.05) is 0 Å². The molecule has 0 unspecified atom stereocenters. The Morgan fingerprint density at radius 3 is 2.72 bits per heavy atom. The van der Waals surface area contributed by atoms with Gasteiger partial charge in [0.1, 0.15) is 11.6 Å². The standard InChI is InChI=1S/C20H20FN3O/c21-16-6-2-1-5-14(16)9-12-20(25)22-13-19-23-17-7-3-4-8-18(17)24(19)15-10-11-15/h1-8,15H,9-13H2,(H,22,25). The lowest BCUT2D eigenvalue weighted by Crippen LogP contribution is -2.25. The Labute approximate surface area is 145 Å². The average molecular weight is 337 g/mol. The summed E-state index contributed by atoms with van der Waals surface area (Å²) in [5.41, 5.74) is 2.66. The average Bonchev–Trinajstić information content (AvgIpc) is 3.39. The molecule has 0 bridgehead atoms. The third-order valence-corrected chi connectivity index (χ3v) is 4.60. The zero-order chi connectivity index (χ0) is 17.2. The number of rotatable bonds is 6. The first-order valence-electron chi connectivity index (χ1n) is 8.68. The van der Waals surface area contributed by atoms with Crippen LogP contribution in [0.25, 0.3) is 11.0 Å². The normalized spacial score (nSPS) is 14.0. The van der Waals surface area contributed by atoms with Crippen LogP contribution in [0.5, 0.6) is 0 Å². The largest absolute Gasteiger partial charge is 0.349 e. The van der Waals surface area contributed by atoms with Crippen LogP contribution in [0.1, 0.15) is 36.7 Å². The number of benzene rings is 2. The minimum Gasteiger partial charge on any atom is -0.349 e. The van der Waals surface area contributed by atoms with Crippen molar-refractivity contribution in [2.45, 2.75) is 38.3 Å². The van der Waals surface area contributed by atoms with Crippen LogP contribution in [-0.4, -0.2) is 15.5 Å². The molecule has 128 valence electrons. The summed E-state index contributed by atoms with van der Waals surface area (Å²) in [5.74, 6) is 0.548. The summed E-state index contributed by atoms with van der Waals surface area (Å²) in [7, 11) is 0. The van der Waals surface area contributed by atoms with Crippen LogP contribution in [0.4, 0.5) is 4.39 Å². The van der Waals surface area contributed by atoms with E-state index in [1.807, 2.05) is 18.2 Å². The molecule has 3 aromatic rings. The van der Waals surface area contributed by atoms with E-state index in [1.54, 1.807) is 18.2 Å². The second-order valence-electron chi connectivity index (χ2n) is 6.49. The molecule has 2 aromatic carbocycles. The van der Waals surface area contributed by atoms with Gasteiger partial charge in [-0.1, -0.05) is 30.3 Å². The summed E-state index contributed by atoms with van der Waals surface area (Å²) < 4.78 is 15.9. The summed E-state index contributed by atoms with van der Waals surface area (Å²) in [6.45, 7) is 0.404. The van der Waals surface area contributed by atoms with Crippen molar-refractivity contribution < 1.29 is 9.18 Å². The molecule has 25 heavy (non-hydrogen) atoms. The summed E-state index contributed by atoms with van der Waals surface area (Å²) in [5, 5.41) is 2.93. The molecule has 0 atom stereocenters. The van der Waals surface area contributed by atoms with E-state index in [1.165, 1.54) is 6.07 Å². The summed E-state index contributed by atoms with van der Waals surface area (Å²) in [6, 6.07) is 15.1. The smallest absolute Gasteiger partial charge is 0.220 e. The van der Waals surface area contributed by atoms with E-state index in [-0.39, 0.29) is 18.1 Å². The predicted molar refractivity (Wildman–Crippen MR) is 94.6 cm³/mol. The molecule has 1 fully saturated rings. The number of fused-ring (bicyclic) bond motifs is 1. The van der Waals surface area contributed by atoms with Gasteiger partial charge in [-0.25, -0.2) is 9.37 Å². The molecular formula is C20H20FN3O. The second-order valence-corrected chi connectivity index (χ2v) is 6.49. The molecule has 0 spiro atoms. The number of amides is 1. The molecule has 1 aromatic heterocycles. The summed E-state index contributed by atoms with van der Waals surface area (Å²) in [4.78, 5) is 16.8. The number of hydrogen-bond acceptors (Lipinski definition) is 2. The number of hydrogen-bond donors (Lipinski definition) is 1. The van der Waals surface area contributed by atoms with Gasteiger partial charge in [0.2, 0.25) is 5.91 Å². The Morgan fingerprint density at radius 2 is 1.92 bits per heavy atom. The lowest BCUT2D eigenvalue weighted by atomic mass is 10.1. The zero-order valence-electron chi connectivity index (χ0n) is 13.9. The van der Waals surface area contributed by atoms with Gasteiger partial charge in [0.25, 0.3) is 0 Å². The van der Waals surface area contributed by atoms with Crippen LogP contribution in [-0.2, 0) is 17.8 Å². The van der Waals surface area contributed by atoms with Crippen LogP contribution in [0.3, 0.4) is 0 Å². The van der Waals surface area contributed by atoms with E-state index in [0.29, 0.717) is 24.6 Å². The topological polar surface area (TPSA) is 46.9 Å². The van der Waals surface area contributed by atoms with E-state index >= 15 is 0 Å². The Morgan fingerprint density at radius 1 is 1.16 bits per heavy atom. The van der Waals surface area contributed by atoms with Crippen molar-refractivity contribution in [2.24, 2.45) is 0 Å². The Hall–Kier alpha value is -2.69. The molecule has 1 N–H and O–H groups in total. The Bertz CT molecular complexity index is 914. The van der Waals surface area contributed by atoms with Gasteiger partial charge in [0, 0.05) is 12.5 Å². The van der Waals surface area contributed by atoms with E-state index in [2.05, 4.69) is 20.9 Å². The lowest BCUT2D eigenvalue weighted by molar-refractivity contribution is -0.121. The number of aryl methyl sites for hydroxylation is 1. The molecule has 1 saturated carbocycles. The minimum absolute atomic E-state index is 0.0855. The number of imidazole rings is 1. The Kier molecular flexibility index (Phi) is 4.22. The van der Waals surface area contributed by atoms with Crippen molar-refractivity contribution in [3.05, 3.63) is 65.7 Å². The van der Waals surface area contributed by atoms with Crippen LogP contribution in [0.15, 0.2) is 48.5 Å². The molecule has 1 aliphatic carbocycles. The number of carbonyl (C=O) groups is 1. The maximum absolute atomic E-state index is 13.6. The number of halogens is 1. The summed E-state index contributed by atoms with van der Waals surface area (Å²) >= 11 is 0. The fourth-order valence-electron chi connectivity index (χ4n) is 3.17. The molecular weight excluding hydrogens is 317 g/mol. The van der Waals surface area contributed by atoms with Gasteiger partial charge in [0.15, 0.2) is 0 Å². The fraction of sp³-hybridized carbons (Fsp3) is 0.300. The zero-order valence-corrected chi connectivity index (χ0v) is 13.9. The predicted octanol–water partition coefficient (Wildman–Crippen LogP) is 3.76. The Balaban J connectivity index is 1.41. The number of carbonyl (C=O) groups excluding carboxylic acids is 1. The van der Waals surface area contributed by atoms with E-state index in [0.717, 1.165) is 29.7 Å². The monoisotopic (exact) mass is 337 g/mol. The van der Waals surface area contributed by atoms with Gasteiger partial charge in [-0.05, 0) is 43.0 Å². The molecule has 4 rings (SSSR count). The van der Waals surface area contributed by atoms with Gasteiger partial charge in [0.05, 0.1) is 17.6 Å². The SMILES string of the molecule is O=C(CCc1ccccc1F)NCc1nc2ccccc2n1C1CC1. The van der Waals surface area contributed by atoms with Gasteiger partial charge in [-0.2, -0.15) is 0 Å². The second kappa shape index (κ2) is 6.67. The van der Waals surface area contributed by atoms with E-state index < -0.39 is 0 Å². The van der Waals surface area contributed by atoms with Crippen LogP contribution < -0.4 is 5.32 Å². The highest BCUT2D eigenvalue weighted by atomic mass is 19.1. The van der Waals surface area contributed by atoms with Gasteiger partial charge in [-0.3, -0.25) is 4.79 Å². The first-order chi connectivity index (χ1) is 12.2. The van der Waals surface area contributed by atoms with Gasteiger partial charge < -0.3 is 9.88 Å². The first kappa shape index (κ1) is 15.8.